The molecule has 2 rings (SSSR count). The van der Waals surface area contributed by atoms with E-state index in [9.17, 15) is 4.39 Å². The van der Waals surface area contributed by atoms with Crippen molar-refractivity contribution < 1.29 is 9.13 Å². The molecule has 88 valence electrons. The molecule has 4 nitrogen and oxygen atoms in total. The molecule has 1 unspecified atom stereocenters. The highest BCUT2D eigenvalue weighted by atomic mass is 19.1. The van der Waals surface area contributed by atoms with Crippen molar-refractivity contribution in [1.82, 2.24) is 9.97 Å². The summed E-state index contributed by atoms with van der Waals surface area (Å²) in [7, 11) is 1.66. The summed E-state index contributed by atoms with van der Waals surface area (Å²) < 4.78 is 18.8. The summed E-state index contributed by atoms with van der Waals surface area (Å²) >= 11 is 0. The lowest BCUT2D eigenvalue weighted by molar-refractivity contribution is 0.185. The van der Waals surface area contributed by atoms with E-state index in [1.54, 1.807) is 14.0 Å². The molecule has 1 aliphatic rings. The van der Waals surface area contributed by atoms with Crippen LogP contribution in [0.4, 0.5) is 10.2 Å². The van der Waals surface area contributed by atoms with Crippen molar-refractivity contribution in [2.45, 2.75) is 19.8 Å². The van der Waals surface area contributed by atoms with Gasteiger partial charge < -0.3 is 10.1 Å². The van der Waals surface area contributed by atoms with Gasteiger partial charge in [-0.25, -0.2) is 14.4 Å². The monoisotopic (exact) mass is 225 g/mol. The molecule has 0 bridgehead atoms. The number of aryl methyl sites for hydroxylation is 1. The van der Waals surface area contributed by atoms with Crippen LogP contribution in [0.1, 0.15) is 17.9 Å². The number of rotatable bonds is 3. The number of nitrogens with one attached hydrogen (secondary N) is 1. The molecule has 1 aliphatic heterocycles. The summed E-state index contributed by atoms with van der Waals surface area (Å²) in [5, 5.41) is 2.74. The first-order valence-electron chi connectivity index (χ1n) is 5.49. The minimum atomic E-state index is -0.367. The standard InChI is InChI=1S/C11H16FN3O/c1-7-10(12)11(13-2)15-9(14-7)5-8-3-4-16-6-8/h8H,3-6H2,1-2H3,(H,13,14,15). The highest BCUT2D eigenvalue weighted by molar-refractivity contribution is 5.37. The minimum absolute atomic E-state index is 0.279. The zero-order valence-electron chi connectivity index (χ0n) is 9.59. The number of halogens is 1. The first-order valence-corrected chi connectivity index (χ1v) is 5.49. The van der Waals surface area contributed by atoms with Crippen molar-refractivity contribution >= 4 is 5.82 Å². The molecule has 0 aromatic carbocycles. The summed E-state index contributed by atoms with van der Waals surface area (Å²) in [4.78, 5) is 8.33. The predicted octanol–water partition coefficient (Wildman–Crippen LogP) is 1.54. The van der Waals surface area contributed by atoms with Gasteiger partial charge in [0.1, 0.15) is 5.82 Å². The molecule has 0 amide bonds. The van der Waals surface area contributed by atoms with E-state index in [1.165, 1.54) is 0 Å². The quantitative estimate of drug-likeness (QED) is 0.847. The lowest BCUT2D eigenvalue weighted by atomic mass is 10.0. The van der Waals surface area contributed by atoms with Crippen LogP contribution in [-0.2, 0) is 11.2 Å². The Balaban J connectivity index is 2.17. The Morgan fingerprint density at radius 2 is 2.31 bits per heavy atom. The van der Waals surface area contributed by atoms with Crippen LogP contribution in [0.3, 0.4) is 0 Å². The van der Waals surface area contributed by atoms with Crippen LogP contribution in [0.25, 0.3) is 0 Å². The third-order valence-electron chi connectivity index (χ3n) is 2.80. The van der Waals surface area contributed by atoms with Gasteiger partial charge in [0.2, 0.25) is 0 Å². The van der Waals surface area contributed by atoms with Gasteiger partial charge in [-0.3, -0.25) is 0 Å². The summed E-state index contributed by atoms with van der Waals surface area (Å²) in [6, 6.07) is 0. The second-order valence-electron chi connectivity index (χ2n) is 4.07. The number of aromatic nitrogens is 2. The van der Waals surface area contributed by atoms with Crippen molar-refractivity contribution in [1.29, 1.82) is 0 Å². The number of hydrogen-bond acceptors (Lipinski definition) is 4. The van der Waals surface area contributed by atoms with Crippen molar-refractivity contribution in [2.24, 2.45) is 5.92 Å². The molecule has 2 heterocycles. The summed E-state index contributed by atoms with van der Waals surface area (Å²) in [6.45, 7) is 3.23. The van der Waals surface area contributed by atoms with Gasteiger partial charge in [0, 0.05) is 26.7 Å². The maximum absolute atomic E-state index is 13.5. The van der Waals surface area contributed by atoms with Crippen LogP contribution >= 0.6 is 0 Å². The number of hydrogen-bond donors (Lipinski definition) is 1. The van der Waals surface area contributed by atoms with Crippen LogP contribution in [0.15, 0.2) is 0 Å². The number of anilines is 1. The van der Waals surface area contributed by atoms with E-state index in [-0.39, 0.29) is 11.6 Å². The average molecular weight is 225 g/mol. The Morgan fingerprint density at radius 1 is 1.50 bits per heavy atom. The summed E-state index contributed by atoms with van der Waals surface area (Å²) in [5.74, 6) is 1.07. The molecule has 0 radical (unpaired) electrons. The van der Waals surface area contributed by atoms with E-state index >= 15 is 0 Å². The molecule has 1 fully saturated rings. The molecule has 1 saturated heterocycles. The molecule has 16 heavy (non-hydrogen) atoms. The van der Waals surface area contributed by atoms with Crippen LogP contribution < -0.4 is 5.32 Å². The van der Waals surface area contributed by atoms with Gasteiger partial charge in [0.15, 0.2) is 11.6 Å². The van der Waals surface area contributed by atoms with Gasteiger partial charge in [-0.1, -0.05) is 0 Å². The molecular weight excluding hydrogens is 209 g/mol. The van der Waals surface area contributed by atoms with Crippen LogP contribution in [0.2, 0.25) is 0 Å². The second kappa shape index (κ2) is 4.74. The highest BCUT2D eigenvalue weighted by Crippen LogP contribution is 2.19. The lowest BCUT2D eigenvalue weighted by Gasteiger charge is -2.09. The fraction of sp³-hybridized carbons (Fsp3) is 0.636. The van der Waals surface area contributed by atoms with Gasteiger partial charge in [-0.05, 0) is 19.3 Å². The van der Waals surface area contributed by atoms with Crippen LogP contribution in [-0.4, -0.2) is 30.2 Å². The maximum Gasteiger partial charge on any atom is 0.186 e. The molecule has 0 aliphatic carbocycles. The second-order valence-corrected chi connectivity index (χ2v) is 4.07. The van der Waals surface area contributed by atoms with E-state index in [2.05, 4.69) is 15.3 Å². The Kier molecular flexibility index (Phi) is 3.33. The van der Waals surface area contributed by atoms with E-state index in [4.69, 9.17) is 4.74 Å². The van der Waals surface area contributed by atoms with E-state index in [0.717, 1.165) is 26.1 Å². The fourth-order valence-corrected chi connectivity index (χ4v) is 1.88. The zero-order valence-corrected chi connectivity index (χ0v) is 9.59. The number of nitrogens with zero attached hydrogens (tertiary/aromatic N) is 2. The zero-order chi connectivity index (χ0) is 11.5. The SMILES string of the molecule is CNc1nc(CC2CCOC2)nc(C)c1F. The van der Waals surface area contributed by atoms with Crippen LogP contribution in [0.5, 0.6) is 0 Å². The third-order valence-corrected chi connectivity index (χ3v) is 2.80. The first-order chi connectivity index (χ1) is 7.70. The third kappa shape index (κ3) is 2.29. The largest absolute Gasteiger partial charge is 0.381 e. The molecule has 0 spiro atoms. The van der Waals surface area contributed by atoms with Crippen molar-refractivity contribution in [3.05, 3.63) is 17.3 Å². The lowest BCUT2D eigenvalue weighted by Crippen LogP contribution is -2.11. The summed E-state index contributed by atoms with van der Waals surface area (Å²) in [5.41, 5.74) is 0.397. The molecule has 1 N–H and O–H groups in total. The Bertz CT molecular complexity index is 378. The van der Waals surface area contributed by atoms with Gasteiger partial charge in [0.25, 0.3) is 0 Å². The van der Waals surface area contributed by atoms with Crippen molar-refractivity contribution in [2.75, 3.05) is 25.6 Å². The van der Waals surface area contributed by atoms with E-state index in [1.807, 2.05) is 0 Å². The Labute approximate surface area is 94.2 Å². The molecule has 5 heteroatoms. The van der Waals surface area contributed by atoms with E-state index < -0.39 is 0 Å². The molecule has 1 aromatic rings. The van der Waals surface area contributed by atoms with Crippen molar-refractivity contribution in [3.8, 4) is 0 Å². The van der Waals surface area contributed by atoms with Crippen LogP contribution in [0, 0.1) is 18.7 Å². The Hall–Kier alpha value is -1.23. The highest BCUT2D eigenvalue weighted by Gasteiger charge is 2.19. The van der Waals surface area contributed by atoms with Gasteiger partial charge >= 0.3 is 0 Å². The predicted molar refractivity (Wildman–Crippen MR) is 58.9 cm³/mol. The average Bonchev–Trinajstić information content (AvgIpc) is 2.76. The maximum atomic E-state index is 13.5. The Morgan fingerprint density at radius 3 is 2.94 bits per heavy atom. The van der Waals surface area contributed by atoms with Gasteiger partial charge in [-0.15, -0.1) is 0 Å². The topological polar surface area (TPSA) is 47.0 Å². The van der Waals surface area contributed by atoms with Gasteiger partial charge in [0.05, 0.1) is 5.69 Å². The molecule has 0 saturated carbocycles. The van der Waals surface area contributed by atoms with E-state index in [0.29, 0.717) is 17.4 Å². The van der Waals surface area contributed by atoms with Crippen molar-refractivity contribution in [3.63, 3.8) is 0 Å². The molecular formula is C11H16FN3O. The smallest absolute Gasteiger partial charge is 0.186 e. The summed E-state index contributed by atoms with van der Waals surface area (Å²) in [6.07, 6.45) is 1.80. The normalized spacial score (nSPS) is 20.1. The number of ether oxygens (including phenoxy) is 1. The fourth-order valence-electron chi connectivity index (χ4n) is 1.88. The molecule has 1 atom stereocenters. The van der Waals surface area contributed by atoms with Gasteiger partial charge in [-0.2, -0.15) is 0 Å². The molecule has 1 aromatic heterocycles. The minimum Gasteiger partial charge on any atom is -0.381 e. The first kappa shape index (κ1) is 11.3.